The molecule has 0 spiro atoms. The van der Waals surface area contributed by atoms with Crippen molar-refractivity contribution in [3.63, 3.8) is 0 Å². The van der Waals surface area contributed by atoms with Crippen molar-refractivity contribution in [1.29, 1.82) is 0 Å². The summed E-state index contributed by atoms with van der Waals surface area (Å²) in [7, 11) is 0. The summed E-state index contributed by atoms with van der Waals surface area (Å²) >= 11 is 1.46. The maximum absolute atomic E-state index is 12.4. The number of benzene rings is 3. The zero-order valence-corrected chi connectivity index (χ0v) is 16.4. The molecule has 0 aliphatic rings. The average Bonchev–Trinajstić information content (AvgIpc) is 3.06. The molecule has 0 radical (unpaired) electrons. The lowest BCUT2D eigenvalue weighted by Gasteiger charge is -2.09. The molecule has 1 N–H and O–H groups in total. The Morgan fingerprint density at radius 3 is 2.46 bits per heavy atom. The van der Waals surface area contributed by atoms with E-state index in [4.69, 9.17) is 4.98 Å². The van der Waals surface area contributed by atoms with Crippen LogP contribution in [0.4, 0.5) is 5.69 Å². The Hall–Kier alpha value is -3.05. The molecule has 0 fully saturated rings. The Kier molecular flexibility index (Phi) is 5.44. The third-order valence-electron chi connectivity index (χ3n) is 4.47. The van der Waals surface area contributed by atoms with Crippen LogP contribution < -0.4 is 5.32 Å². The summed E-state index contributed by atoms with van der Waals surface area (Å²) in [4.78, 5) is 17.1. The summed E-state index contributed by atoms with van der Waals surface area (Å²) in [5.74, 6) is 0.276. The highest BCUT2D eigenvalue weighted by Crippen LogP contribution is 2.25. The first kappa shape index (κ1) is 18.3. The quantitative estimate of drug-likeness (QED) is 0.467. The molecule has 0 aliphatic carbocycles. The third-order valence-corrected chi connectivity index (χ3v) is 5.45. The van der Waals surface area contributed by atoms with Gasteiger partial charge in [-0.05, 0) is 36.8 Å². The highest BCUT2D eigenvalue weighted by atomic mass is 32.2. The number of imidazole rings is 1. The summed E-state index contributed by atoms with van der Waals surface area (Å²) in [6, 6.07) is 26.2. The number of para-hydroxylation sites is 2. The fraction of sp³-hybridized carbons (Fsp3) is 0.130. The predicted molar refractivity (Wildman–Crippen MR) is 116 cm³/mol. The van der Waals surface area contributed by atoms with Crippen LogP contribution >= 0.6 is 11.8 Å². The van der Waals surface area contributed by atoms with Crippen molar-refractivity contribution in [3.05, 3.63) is 90.0 Å². The molecule has 0 aliphatic heterocycles. The van der Waals surface area contributed by atoms with E-state index in [1.54, 1.807) is 0 Å². The van der Waals surface area contributed by atoms with E-state index in [1.165, 1.54) is 22.9 Å². The van der Waals surface area contributed by atoms with Gasteiger partial charge >= 0.3 is 0 Å². The van der Waals surface area contributed by atoms with Crippen LogP contribution in [0.5, 0.6) is 0 Å². The molecule has 4 rings (SSSR count). The van der Waals surface area contributed by atoms with E-state index in [1.807, 2.05) is 67.6 Å². The van der Waals surface area contributed by atoms with Gasteiger partial charge in [0.2, 0.25) is 5.91 Å². The number of hydrogen-bond acceptors (Lipinski definition) is 3. The van der Waals surface area contributed by atoms with Crippen molar-refractivity contribution >= 4 is 34.4 Å². The monoisotopic (exact) mass is 387 g/mol. The number of rotatable bonds is 6. The van der Waals surface area contributed by atoms with Gasteiger partial charge in [-0.3, -0.25) is 4.79 Å². The first-order valence-corrected chi connectivity index (χ1v) is 10.2. The van der Waals surface area contributed by atoms with Crippen molar-refractivity contribution in [2.24, 2.45) is 0 Å². The maximum atomic E-state index is 12.4. The summed E-state index contributed by atoms with van der Waals surface area (Å²) in [6.07, 6.45) is 0. The van der Waals surface area contributed by atoms with E-state index >= 15 is 0 Å². The lowest BCUT2D eigenvalue weighted by Crippen LogP contribution is -2.14. The lowest BCUT2D eigenvalue weighted by molar-refractivity contribution is -0.113. The molecule has 1 amide bonds. The predicted octanol–water partition coefficient (Wildman–Crippen LogP) is 5.12. The van der Waals surface area contributed by atoms with Crippen molar-refractivity contribution in [2.45, 2.75) is 18.6 Å². The van der Waals surface area contributed by atoms with E-state index < -0.39 is 0 Å². The topological polar surface area (TPSA) is 46.9 Å². The van der Waals surface area contributed by atoms with Gasteiger partial charge in [0, 0.05) is 5.69 Å². The number of aromatic nitrogens is 2. The van der Waals surface area contributed by atoms with Crippen molar-refractivity contribution in [2.75, 3.05) is 11.1 Å². The van der Waals surface area contributed by atoms with Crippen LogP contribution in [0.1, 0.15) is 11.1 Å². The number of carbonyl (C=O) groups is 1. The number of nitrogens with zero attached hydrogens (tertiary/aromatic N) is 2. The molecule has 140 valence electrons. The first-order chi connectivity index (χ1) is 13.7. The molecule has 1 heterocycles. The fourth-order valence-electron chi connectivity index (χ4n) is 3.05. The maximum Gasteiger partial charge on any atom is 0.234 e. The van der Waals surface area contributed by atoms with Gasteiger partial charge in [0.25, 0.3) is 0 Å². The van der Waals surface area contributed by atoms with Gasteiger partial charge in [0.1, 0.15) is 0 Å². The number of carbonyl (C=O) groups excluding carboxylic acids is 1. The van der Waals surface area contributed by atoms with Gasteiger partial charge in [0.15, 0.2) is 5.16 Å². The van der Waals surface area contributed by atoms with Crippen LogP contribution in [0.3, 0.4) is 0 Å². The lowest BCUT2D eigenvalue weighted by atomic mass is 10.2. The zero-order valence-electron chi connectivity index (χ0n) is 15.6. The van der Waals surface area contributed by atoms with Gasteiger partial charge in [0.05, 0.1) is 23.3 Å². The molecule has 0 unspecified atom stereocenters. The fourth-order valence-corrected chi connectivity index (χ4v) is 3.86. The van der Waals surface area contributed by atoms with Crippen LogP contribution in [0.25, 0.3) is 11.0 Å². The number of fused-ring (bicyclic) bond motifs is 1. The molecule has 0 atom stereocenters. The summed E-state index contributed by atoms with van der Waals surface area (Å²) in [6.45, 7) is 2.75. The largest absolute Gasteiger partial charge is 0.325 e. The molecular formula is C23H21N3OS. The van der Waals surface area contributed by atoms with Crippen LogP contribution in [0.2, 0.25) is 0 Å². The number of anilines is 1. The smallest absolute Gasteiger partial charge is 0.234 e. The molecule has 3 aromatic carbocycles. The molecule has 5 heteroatoms. The second-order valence-corrected chi connectivity index (χ2v) is 7.60. The molecule has 4 nitrogen and oxygen atoms in total. The Morgan fingerprint density at radius 1 is 0.964 bits per heavy atom. The van der Waals surface area contributed by atoms with Crippen LogP contribution in [-0.2, 0) is 11.3 Å². The molecule has 1 aromatic heterocycles. The van der Waals surface area contributed by atoms with E-state index in [2.05, 4.69) is 28.1 Å². The summed E-state index contributed by atoms with van der Waals surface area (Å²) in [5.41, 5.74) is 5.21. The van der Waals surface area contributed by atoms with E-state index in [0.29, 0.717) is 5.75 Å². The SMILES string of the molecule is Cc1ccc(NC(=O)CSc2nc3ccccc3n2Cc2ccccc2)cc1. The summed E-state index contributed by atoms with van der Waals surface area (Å²) < 4.78 is 2.18. The average molecular weight is 388 g/mol. The van der Waals surface area contributed by atoms with E-state index in [-0.39, 0.29) is 5.91 Å². The number of nitrogens with one attached hydrogen (secondary N) is 1. The van der Waals surface area contributed by atoms with Gasteiger partial charge in [-0.2, -0.15) is 0 Å². The molecular weight excluding hydrogens is 366 g/mol. The number of aryl methyl sites for hydroxylation is 1. The van der Waals surface area contributed by atoms with Crippen molar-refractivity contribution < 1.29 is 4.79 Å². The Labute approximate surface area is 168 Å². The van der Waals surface area contributed by atoms with Crippen molar-refractivity contribution in [1.82, 2.24) is 9.55 Å². The standard InChI is InChI=1S/C23H21N3OS/c1-17-11-13-19(14-12-17)24-22(27)16-28-23-25-20-9-5-6-10-21(20)26(23)15-18-7-3-2-4-8-18/h2-14H,15-16H2,1H3,(H,24,27). The minimum Gasteiger partial charge on any atom is -0.325 e. The van der Waals surface area contributed by atoms with Gasteiger partial charge in [-0.25, -0.2) is 4.98 Å². The van der Waals surface area contributed by atoms with Gasteiger partial charge < -0.3 is 9.88 Å². The molecule has 4 aromatic rings. The molecule has 0 bridgehead atoms. The van der Waals surface area contributed by atoms with Gasteiger partial charge in [-0.1, -0.05) is 71.9 Å². The van der Waals surface area contributed by atoms with E-state index in [0.717, 1.165) is 28.4 Å². The highest BCUT2D eigenvalue weighted by molar-refractivity contribution is 7.99. The molecule has 0 saturated heterocycles. The number of thioether (sulfide) groups is 1. The summed E-state index contributed by atoms with van der Waals surface area (Å²) in [5, 5.41) is 3.80. The van der Waals surface area contributed by atoms with E-state index in [9.17, 15) is 4.79 Å². The van der Waals surface area contributed by atoms with Crippen LogP contribution in [-0.4, -0.2) is 21.2 Å². The minimum atomic E-state index is -0.0350. The van der Waals surface area contributed by atoms with Crippen LogP contribution in [0, 0.1) is 6.92 Å². The molecule has 28 heavy (non-hydrogen) atoms. The second kappa shape index (κ2) is 8.31. The molecule has 0 saturated carbocycles. The third kappa shape index (κ3) is 4.26. The van der Waals surface area contributed by atoms with Crippen molar-refractivity contribution in [3.8, 4) is 0 Å². The number of amides is 1. The van der Waals surface area contributed by atoms with Gasteiger partial charge in [-0.15, -0.1) is 0 Å². The highest BCUT2D eigenvalue weighted by Gasteiger charge is 2.13. The normalized spacial score (nSPS) is 10.9. The second-order valence-electron chi connectivity index (χ2n) is 6.66. The first-order valence-electron chi connectivity index (χ1n) is 9.17. The number of hydrogen-bond donors (Lipinski definition) is 1. The Morgan fingerprint density at radius 2 is 1.68 bits per heavy atom. The van der Waals surface area contributed by atoms with Crippen LogP contribution in [0.15, 0.2) is 84.0 Å². The minimum absolute atomic E-state index is 0.0350. The Balaban J connectivity index is 1.52. The Bertz CT molecular complexity index is 1090. The zero-order chi connectivity index (χ0) is 19.3.